The fourth-order valence-electron chi connectivity index (χ4n) is 2.11. The summed E-state index contributed by atoms with van der Waals surface area (Å²) in [6.07, 6.45) is 3.68. The first kappa shape index (κ1) is 15.8. The molecule has 0 unspecified atom stereocenters. The molecule has 116 valence electrons. The van der Waals surface area contributed by atoms with Gasteiger partial charge in [0.2, 0.25) is 5.91 Å². The van der Waals surface area contributed by atoms with Crippen molar-refractivity contribution < 1.29 is 14.7 Å². The maximum atomic E-state index is 12.0. The van der Waals surface area contributed by atoms with Crippen LogP contribution in [0.15, 0.2) is 42.7 Å². The normalized spacial score (nSPS) is 12.1. The number of nitrogens with zero attached hydrogens (tertiary/aromatic N) is 2. The second-order valence-corrected chi connectivity index (χ2v) is 5.42. The summed E-state index contributed by atoms with van der Waals surface area (Å²) < 4.78 is 1.73. The van der Waals surface area contributed by atoms with Crippen molar-refractivity contribution >= 4 is 11.9 Å². The fraction of sp³-hybridized carbons (Fsp3) is 0.312. The number of carboxylic acid groups (broad SMARTS) is 1. The van der Waals surface area contributed by atoms with Gasteiger partial charge in [-0.3, -0.25) is 4.79 Å². The van der Waals surface area contributed by atoms with Gasteiger partial charge < -0.3 is 10.4 Å². The Morgan fingerprint density at radius 3 is 2.45 bits per heavy atom. The van der Waals surface area contributed by atoms with Gasteiger partial charge in [-0.15, -0.1) is 0 Å². The van der Waals surface area contributed by atoms with Gasteiger partial charge in [-0.25, -0.2) is 9.48 Å². The number of amides is 1. The molecule has 2 aromatic rings. The Morgan fingerprint density at radius 2 is 1.95 bits per heavy atom. The third kappa shape index (κ3) is 3.94. The van der Waals surface area contributed by atoms with Crippen molar-refractivity contribution in [3.63, 3.8) is 0 Å². The largest absolute Gasteiger partial charge is 0.480 e. The highest BCUT2D eigenvalue weighted by atomic mass is 16.4. The Bertz CT molecular complexity index is 633. The summed E-state index contributed by atoms with van der Waals surface area (Å²) in [5.74, 6) is -1.48. The van der Waals surface area contributed by atoms with Crippen LogP contribution in [-0.2, 0) is 16.0 Å². The van der Waals surface area contributed by atoms with Crippen molar-refractivity contribution in [3.05, 3.63) is 48.3 Å². The summed E-state index contributed by atoms with van der Waals surface area (Å²) in [6.45, 7) is 3.52. The van der Waals surface area contributed by atoms with Crippen LogP contribution in [-0.4, -0.2) is 32.8 Å². The van der Waals surface area contributed by atoms with Gasteiger partial charge in [0.05, 0.1) is 12.1 Å². The third-order valence-corrected chi connectivity index (χ3v) is 3.32. The number of hydrogen-bond acceptors (Lipinski definition) is 3. The Hall–Kier alpha value is -2.63. The lowest BCUT2D eigenvalue weighted by molar-refractivity contribution is -0.143. The molecule has 0 aliphatic rings. The van der Waals surface area contributed by atoms with Crippen LogP contribution in [0.4, 0.5) is 0 Å². The van der Waals surface area contributed by atoms with Crippen molar-refractivity contribution in [2.45, 2.75) is 26.3 Å². The zero-order chi connectivity index (χ0) is 16.1. The molecule has 1 amide bonds. The monoisotopic (exact) mass is 301 g/mol. The Labute approximate surface area is 128 Å². The Balaban J connectivity index is 1.98. The van der Waals surface area contributed by atoms with E-state index in [4.69, 9.17) is 5.11 Å². The summed E-state index contributed by atoms with van der Waals surface area (Å²) in [4.78, 5) is 23.0. The van der Waals surface area contributed by atoms with Crippen molar-refractivity contribution in [1.82, 2.24) is 15.1 Å². The van der Waals surface area contributed by atoms with Crippen LogP contribution in [0.1, 0.15) is 19.4 Å². The molecular formula is C16H19N3O3. The van der Waals surface area contributed by atoms with E-state index in [0.717, 1.165) is 11.3 Å². The summed E-state index contributed by atoms with van der Waals surface area (Å²) in [6, 6.07) is 8.37. The molecule has 6 heteroatoms. The molecule has 0 fully saturated rings. The number of nitrogens with one attached hydrogen (secondary N) is 1. The van der Waals surface area contributed by atoms with Crippen molar-refractivity contribution in [2.24, 2.45) is 5.92 Å². The number of hydrogen-bond donors (Lipinski definition) is 2. The highest BCUT2D eigenvalue weighted by Gasteiger charge is 2.23. The molecule has 2 rings (SSSR count). The second kappa shape index (κ2) is 6.89. The molecule has 1 aromatic carbocycles. The zero-order valence-corrected chi connectivity index (χ0v) is 12.6. The average Bonchev–Trinajstić information content (AvgIpc) is 2.99. The molecule has 1 atom stereocenters. The minimum Gasteiger partial charge on any atom is -0.480 e. The lowest BCUT2D eigenvalue weighted by atomic mass is 10.0. The number of rotatable bonds is 6. The van der Waals surface area contributed by atoms with Crippen LogP contribution in [0.2, 0.25) is 0 Å². The Morgan fingerprint density at radius 1 is 1.27 bits per heavy atom. The molecule has 1 aromatic heterocycles. The minimum atomic E-state index is -1.02. The molecule has 1 heterocycles. The van der Waals surface area contributed by atoms with E-state index in [2.05, 4.69) is 10.4 Å². The van der Waals surface area contributed by atoms with E-state index in [1.54, 1.807) is 24.7 Å². The maximum absolute atomic E-state index is 12.0. The topological polar surface area (TPSA) is 84.2 Å². The van der Waals surface area contributed by atoms with Gasteiger partial charge in [0.15, 0.2) is 0 Å². The fourth-order valence-corrected chi connectivity index (χ4v) is 2.11. The average molecular weight is 301 g/mol. The number of carbonyl (C=O) groups is 2. The van der Waals surface area contributed by atoms with Crippen LogP contribution in [0.5, 0.6) is 0 Å². The van der Waals surface area contributed by atoms with Crippen LogP contribution in [0, 0.1) is 5.92 Å². The molecule has 0 spiro atoms. The highest BCUT2D eigenvalue weighted by molar-refractivity contribution is 5.85. The van der Waals surface area contributed by atoms with Gasteiger partial charge in [0.1, 0.15) is 6.04 Å². The van der Waals surface area contributed by atoms with Crippen LogP contribution in [0.3, 0.4) is 0 Å². The summed E-state index contributed by atoms with van der Waals surface area (Å²) in [5, 5.41) is 15.8. The predicted octanol–water partition coefficient (Wildman–Crippen LogP) is 1.64. The molecule has 0 aliphatic carbocycles. The molecule has 6 nitrogen and oxygen atoms in total. The highest BCUT2D eigenvalue weighted by Crippen LogP contribution is 2.10. The van der Waals surface area contributed by atoms with E-state index in [1.807, 2.05) is 36.5 Å². The zero-order valence-electron chi connectivity index (χ0n) is 12.6. The Kier molecular flexibility index (Phi) is 4.93. The summed E-state index contributed by atoms with van der Waals surface area (Å²) >= 11 is 0. The molecule has 0 aliphatic heterocycles. The number of carbonyl (C=O) groups excluding carboxylic acids is 1. The van der Waals surface area contributed by atoms with E-state index >= 15 is 0 Å². The van der Waals surface area contributed by atoms with Gasteiger partial charge >= 0.3 is 5.97 Å². The van der Waals surface area contributed by atoms with Gasteiger partial charge in [0.25, 0.3) is 0 Å². The molecule has 0 saturated heterocycles. The SMILES string of the molecule is CC(C)[C@@H](NC(=O)Cc1ccc(-n2cccn2)cc1)C(=O)O. The molecule has 2 N–H and O–H groups in total. The van der Waals surface area contributed by atoms with Crippen LogP contribution >= 0.6 is 0 Å². The third-order valence-electron chi connectivity index (χ3n) is 3.32. The lowest BCUT2D eigenvalue weighted by Crippen LogP contribution is -2.44. The van der Waals surface area contributed by atoms with E-state index in [0.29, 0.717) is 0 Å². The first-order valence-electron chi connectivity index (χ1n) is 7.08. The number of aromatic nitrogens is 2. The number of aliphatic carboxylic acids is 1. The summed E-state index contributed by atoms with van der Waals surface area (Å²) in [7, 11) is 0. The first-order chi connectivity index (χ1) is 10.5. The maximum Gasteiger partial charge on any atom is 0.326 e. The predicted molar refractivity (Wildman–Crippen MR) is 81.7 cm³/mol. The minimum absolute atomic E-state index is 0.149. The molecule has 0 saturated carbocycles. The summed E-state index contributed by atoms with van der Waals surface area (Å²) in [5.41, 5.74) is 1.72. The standard InChI is InChI=1S/C16H19N3O3/c1-11(2)15(16(21)22)18-14(20)10-12-4-6-13(7-5-12)19-9-3-8-17-19/h3-9,11,15H,10H2,1-2H3,(H,18,20)(H,21,22)/t15-/m1/s1. The van der Waals surface area contributed by atoms with Gasteiger partial charge in [0, 0.05) is 12.4 Å². The van der Waals surface area contributed by atoms with Gasteiger partial charge in [-0.05, 0) is 29.7 Å². The quantitative estimate of drug-likeness (QED) is 0.849. The van der Waals surface area contributed by atoms with E-state index in [1.165, 1.54) is 0 Å². The molecule has 22 heavy (non-hydrogen) atoms. The van der Waals surface area contributed by atoms with Crippen molar-refractivity contribution in [2.75, 3.05) is 0 Å². The lowest BCUT2D eigenvalue weighted by Gasteiger charge is -2.17. The van der Waals surface area contributed by atoms with Crippen LogP contribution in [0.25, 0.3) is 5.69 Å². The van der Waals surface area contributed by atoms with E-state index < -0.39 is 12.0 Å². The number of carboxylic acids is 1. The van der Waals surface area contributed by atoms with Gasteiger partial charge in [-0.1, -0.05) is 26.0 Å². The van der Waals surface area contributed by atoms with Crippen molar-refractivity contribution in [1.29, 1.82) is 0 Å². The van der Waals surface area contributed by atoms with E-state index in [-0.39, 0.29) is 18.2 Å². The van der Waals surface area contributed by atoms with Gasteiger partial charge in [-0.2, -0.15) is 5.10 Å². The first-order valence-corrected chi connectivity index (χ1v) is 7.08. The number of benzene rings is 1. The second-order valence-electron chi connectivity index (χ2n) is 5.42. The van der Waals surface area contributed by atoms with E-state index in [9.17, 15) is 9.59 Å². The van der Waals surface area contributed by atoms with Crippen molar-refractivity contribution in [3.8, 4) is 5.69 Å². The molecular weight excluding hydrogens is 282 g/mol. The molecule has 0 radical (unpaired) electrons. The smallest absolute Gasteiger partial charge is 0.326 e. The molecule has 0 bridgehead atoms. The van der Waals surface area contributed by atoms with Crippen LogP contribution < -0.4 is 5.32 Å².